The Labute approximate surface area is 184 Å². The van der Waals surface area contributed by atoms with Crippen LogP contribution in [0.5, 0.6) is 0 Å². The van der Waals surface area contributed by atoms with E-state index in [9.17, 15) is 0 Å². The van der Waals surface area contributed by atoms with Crippen LogP contribution in [0, 0.1) is 6.92 Å². The Morgan fingerprint density at radius 2 is 1.47 bits per heavy atom. The fraction of sp³-hybridized carbons (Fsp3) is 0.0400. The SMILES string of the molecule is Cc1ccc(Sc2nc3cc4ccccc4cc3nc2Nc2cccc(Cl)c2)cc1. The van der Waals surface area contributed by atoms with Gasteiger partial charge in [0.05, 0.1) is 11.0 Å². The van der Waals surface area contributed by atoms with E-state index in [0.717, 1.165) is 37.4 Å². The molecule has 5 aromatic rings. The van der Waals surface area contributed by atoms with E-state index in [1.807, 2.05) is 36.4 Å². The van der Waals surface area contributed by atoms with Crippen LogP contribution in [0.3, 0.4) is 0 Å². The van der Waals surface area contributed by atoms with Crippen molar-refractivity contribution in [2.45, 2.75) is 16.8 Å². The van der Waals surface area contributed by atoms with E-state index in [-0.39, 0.29) is 0 Å². The summed E-state index contributed by atoms with van der Waals surface area (Å²) in [7, 11) is 0. The molecule has 1 aromatic heterocycles. The van der Waals surface area contributed by atoms with Crippen molar-refractivity contribution in [1.82, 2.24) is 9.97 Å². The van der Waals surface area contributed by atoms with Crippen molar-refractivity contribution in [1.29, 1.82) is 0 Å². The highest BCUT2D eigenvalue weighted by Gasteiger charge is 2.12. The van der Waals surface area contributed by atoms with Gasteiger partial charge < -0.3 is 5.32 Å². The van der Waals surface area contributed by atoms with Gasteiger partial charge in [0.1, 0.15) is 5.03 Å². The smallest absolute Gasteiger partial charge is 0.164 e. The lowest BCUT2D eigenvalue weighted by molar-refractivity contribution is 1.12. The van der Waals surface area contributed by atoms with Crippen molar-refractivity contribution in [2.24, 2.45) is 0 Å². The Balaban J connectivity index is 1.64. The number of nitrogens with zero attached hydrogens (tertiary/aromatic N) is 2. The molecule has 0 unspecified atom stereocenters. The summed E-state index contributed by atoms with van der Waals surface area (Å²) >= 11 is 7.77. The quantitative estimate of drug-likeness (QED) is 0.299. The molecule has 5 heteroatoms. The number of anilines is 2. The van der Waals surface area contributed by atoms with Crippen LogP contribution in [0.15, 0.2) is 94.9 Å². The predicted molar refractivity (Wildman–Crippen MR) is 127 cm³/mol. The molecule has 5 rings (SSSR count). The molecule has 0 saturated heterocycles. The van der Waals surface area contributed by atoms with E-state index in [1.165, 1.54) is 5.56 Å². The Morgan fingerprint density at radius 3 is 2.17 bits per heavy atom. The third-order valence-corrected chi connectivity index (χ3v) is 6.04. The van der Waals surface area contributed by atoms with Gasteiger partial charge in [0, 0.05) is 15.6 Å². The zero-order valence-electron chi connectivity index (χ0n) is 16.3. The number of nitrogens with one attached hydrogen (secondary N) is 1. The standard InChI is InChI=1S/C25H18ClN3S/c1-16-9-11-21(12-10-16)30-25-24(27-20-8-4-7-19(26)15-20)28-22-13-17-5-2-3-6-18(17)14-23(22)29-25/h2-15H,1H3,(H,27,28). The van der Waals surface area contributed by atoms with Crippen LogP contribution in [-0.2, 0) is 0 Å². The van der Waals surface area contributed by atoms with Crippen molar-refractivity contribution >= 4 is 56.7 Å². The highest BCUT2D eigenvalue weighted by molar-refractivity contribution is 7.99. The summed E-state index contributed by atoms with van der Waals surface area (Å²) in [6, 6.07) is 28.5. The minimum absolute atomic E-state index is 0.674. The van der Waals surface area contributed by atoms with Gasteiger partial charge in [-0.1, -0.05) is 71.4 Å². The van der Waals surface area contributed by atoms with E-state index >= 15 is 0 Å². The van der Waals surface area contributed by atoms with Gasteiger partial charge in [-0.05, 0) is 60.2 Å². The molecule has 1 heterocycles. The average molecular weight is 428 g/mol. The molecule has 0 saturated carbocycles. The predicted octanol–water partition coefficient (Wildman–Crippen LogP) is 7.64. The third-order valence-electron chi connectivity index (χ3n) is 4.82. The van der Waals surface area contributed by atoms with Crippen molar-refractivity contribution < 1.29 is 0 Å². The summed E-state index contributed by atoms with van der Waals surface area (Å²) in [5, 5.41) is 7.20. The average Bonchev–Trinajstić information content (AvgIpc) is 2.74. The summed E-state index contributed by atoms with van der Waals surface area (Å²) in [4.78, 5) is 11.0. The Kier molecular flexibility index (Phi) is 5.03. The molecule has 1 N–H and O–H groups in total. The zero-order chi connectivity index (χ0) is 20.5. The number of halogens is 1. The number of benzene rings is 4. The normalized spacial score (nSPS) is 11.1. The largest absolute Gasteiger partial charge is 0.338 e. The van der Waals surface area contributed by atoms with Crippen molar-refractivity contribution in [3.05, 3.63) is 95.5 Å². The van der Waals surface area contributed by atoms with Crippen LogP contribution in [0.2, 0.25) is 5.02 Å². The Morgan fingerprint density at radius 1 is 0.767 bits per heavy atom. The first-order valence-corrected chi connectivity index (χ1v) is 10.8. The lowest BCUT2D eigenvalue weighted by Crippen LogP contribution is -1.99. The molecule has 30 heavy (non-hydrogen) atoms. The molecule has 0 radical (unpaired) electrons. The van der Waals surface area contributed by atoms with Gasteiger partial charge in [-0.3, -0.25) is 0 Å². The van der Waals surface area contributed by atoms with Gasteiger partial charge in [-0.15, -0.1) is 0 Å². The molecular weight excluding hydrogens is 410 g/mol. The van der Waals surface area contributed by atoms with Gasteiger partial charge in [-0.25, -0.2) is 9.97 Å². The van der Waals surface area contributed by atoms with Crippen LogP contribution in [0.25, 0.3) is 21.8 Å². The monoisotopic (exact) mass is 427 g/mol. The number of hydrogen-bond donors (Lipinski definition) is 1. The minimum atomic E-state index is 0.674. The first-order chi connectivity index (χ1) is 14.6. The fourth-order valence-corrected chi connectivity index (χ4v) is 4.32. The van der Waals surface area contributed by atoms with Crippen LogP contribution in [0.4, 0.5) is 11.5 Å². The second-order valence-electron chi connectivity index (χ2n) is 7.12. The van der Waals surface area contributed by atoms with Crippen LogP contribution >= 0.6 is 23.4 Å². The first kappa shape index (κ1) is 18.9. The molecule has 0 bridgehead atoms. The van der Waals surface area contributed by atoms with Gasteiger partial charge in [0.15, 0.2) is 5.82 Å². The maximum Gasteiger partial charge on any atom is 0.164 e. The zero-order valence-corrected chi connectivity index (χ0v) is 17.8. The van der Waals surface area contributed by atoms with E-state index in [2.05, 4.69) is 60.8 Å². The van der Waals surface area contributed by atoms with E-state index in [0.29, 0.717) is 10.8 Å². The molecule has 0 aliphatic carbocycles. The maximum atomic E-state index is 6.17. The molecule has 3 nitrogen and oxygen atoms in total. The third kappa shape index (κ3) is 3.97. The van der Waals surface area contributed by atoms with Gasteiger partial charge in [0.25, 0.3) is 0 Å². The minimum Gasteiger partial charge on any atom is -0.338 e. The molecule has 0 spiro atoms. The van der Waals surface area contributed by atoms with E-state index in [1.54, 1.807) is 11.8 Å². The number of aryl methyl sites for hydroxylation is 1. The summed E-state index contributed by atoms with van der Waals surface area (Å²) in [6.45, 7) is 2.08. The molecule has 0 fully saturated rings. The van der Waals surface area contributed by atoms with Crippen molar-refractivity contribution in [3.63, 3.8) is 0 Å². The topological polar surface area (TPSA) is 37.8 Å². The van der Waals surface area contributed by atoms with Crippen LogP contribution in [0.1, 0.15) is 5.56 Å². The Bertz CT molecular complexity index is 1370. The molecule has 0 aliphatic rings. The van der Waals surface area contributed by atoms with Crippen molar-refractivity contribution in [2.75, 3.05) is 5.32 Å². The van der Waals surface area contributed by atoms with Crippen LogP contribution < -0.4 is 5.32 Å². The number of fused-ring (bicyclic) bond motifs is 2. The molecule has 146 valence electrons. The Hall–Kier alpha value is -3.08. The van der Waals surface area contributed by atoms with Crippen LogP contribution in [-0.4, -0.2) is 9.97 Å². The van der Waals surface area contributed by atoms with Gasteiger partial charge in [0.2, 0.25) is 0 Å². The molecule has 0 atom stereocenters. The molecule has 0 amide bonds. The lowest BCUT2D eigenvalue weighted by atomic mass is 10.1. The summed E-state index contributed by atoms with van der Waals surface area (Å²) in [5.41, 5.74) is 3.84. The molecule has 4 aromatic carbocycles. The molecular formula is C25H18ClN3S. The highest BCUT2D eigenvalue weighted by Crippen LogP contribution is 2.35. The maximum absolute atomic E-state index is 6.17. The number of aromatic nitrogens is 2. The lowest BCUT2D eigenvalue weighted by Gasteiger charge is -2.12. The summed E-state index contributed by atoms with van der Waals surface area (Å²) < 4.78 is 0. The van der Waals surface area contributed by atoms with Gasteiger partial charge in [-0.2, -0.15) is 0 Å². The summed E-state index contributed by atoms with van der Waals surface area (Å²) in [5.74, 6) is 0.714. The van der Waals surface area contributed by atoms with E-state index in [4.69, 9.17) is 21.6 Å². The second kappa shape index (κ2) is 7.98. The summed E-state index contributed by atoms with van der Waals surface area (Å²) in [6.07, 6.45) is 0. The first-order valence-electron chi connectivity index (χ1n) is 9.62. The van der Waals surface area contributed by atoms with Crippen molar-refractivity contribution in [3.8, 4) is 0 Å². The second-order valence-corrected chi connectivity index (χ2v) is 8.61. The fourth-order valence-electron chi connectivity index (χ4n) is 3.30. The number of rotatable bonds is 4. The number of hydrogen-bond acceptors (Lipinski definition) is 4. The van der Waals surface area contributed by atoms with Gasteiger partial charge >= 0.3 is 0 Å². The molecule has 0 aliphatic heterocycles. The highest BCUT2D eigenvalue weighted by atomic mass is 35.5. The van der Waals surface area contributed by atoms with E-state index < -0.39 is 0 Å².